The number of sulfonamides is 1. The third-order valence-electron chi connectivity index (χ3n) is 3.48. The van der Waals surface area contributed by atoms with E-state index in [-0.39, 0.29) is 17.6 Å². The lowest BCUT2D eigenvalue weighted by molar-refractivity contribution is 0.422. The average molecular weight is 300 g/mol. The van der Waals surface area contributed by atoms with Crippen molar-refractivity contribution < 1.29 is 12.8 Å². The standard InChI is InChI=1S/C14H21FN2O2S/c15-13-6-4-12(5-7-13)8-10-17-20(18,19)11-14-3-1-2-9-16-14/h4-7,14,16-17H,1-3,8-11H2. The zero-order valence-electron chi connectivity index (χ0n) is 11.4. The minimum Gasteiger partial charge on any atom is -0.313 e. The molecule has 1 aromatic carbocycles. The Morgan fingerprint density at radius 3 is 2.65 bits per heavy atom. The van der Waals surface area contributed by atoms with Gasteiger partial charge in [-0.2, -0.15) is 0 Å². The van der Waals surface area contributed by atoms with E-state index in [0.29, 0.717) is 13.0 Å². The summed E-state index contributed by atoms with van der Waals surface area (Å²) in [6.07, 6.45) is 3.69. The molecule has 0 aromatic heterocycles. The summed E-state index contributed by atoms with van der Waals surface area (Å²) in [4.78, 5) is 0. The Bertz CT molecular complexity index is 510. The van der Waals surface area contributed by atoms with Gasteiger partial charge < -0.3 is 5.32 Å². The Balaban J connectivity index is 1.75. The lowest BCUT2D eigenvalue weighted by Gasteiger charge is -2.23. The third kappa shape index (κ3) is 5.19. The number of hydrogen-bond donors (Lipinski definition) is 2. The third-order valence-corrected chi connectivity index (χ3v) is 4.97. The molecule has 0 aliphatic carbocycles. The monoisotopic (exact) mass is 300 g/mol. The Morgan fingerprint density at radius 1 is 1.25 bits per heavy atom. The molecule has 2 rings (SSSR count). The van der Waals surface area contributed by atoms with Crippen molar-refractivity contribution in [3.8, 4) is 0 Å². The topological polar surface area (TPSA) is 58.2 Å². The van der Waals surface area contributed by atoms with Crippen LogP contribution < -0.4 is 10.0 Å². The van der Waals surface area contributed by atoms with Gasteiger partial charge in [0, 0.05) is 12.6 Å². The van der Waals surface area contributed by atoms with Gasteiger partial charge in [-0.05, 0) is 43.5 Å². The van der Waals surface area contributed by atoms with E-state index in [1.165, 1.54) is 12.1 Å². The molecule has 2 N–H and O–H groups in total. The summed E-state index contributed by atoms with van der Waals surface area (Å²) < 4.78 is 39.2. The number of benzene rings is 1. The summed E-state index contributed by atoms with van der Waals surface area (Å²) in [6.45, 7) is 1.25. The molecule has 112 valence electrons. The Kier molecular flexibility index (Phi) is 5.51. The van der Waals surface area contributed by atoms with Crippen molar-refractivity contribution in [2.45, 2.75) is 31.7 Å². The predicted octanol–water partition coefficient (Wildman–Crippen LogP) is 1.43. The van der Waals surface area contributed by atoms with E-state index in [9.17, 15) is 12.8 Å². The van der Waals surface area contributed by atoms with Crippen LogP contribution in [0.5, 0.6) is 0 Å². The first-order valence-corrected chi connectivity index (χ1v) is 8.65. The van der Waals surface area contributed by atoms with E-state index in [2.05, 4.69) is 10.0 Å². The Labute approximate surface area is 119 Å². The summed E-state index contributed by atoms with van der Waals surface area (Å²) in [5, 5.41) is 3.23. The summed E-state index contributed by atoms with van der Waals surface area (Å²) in [5.74, 6) is -0.145. The normalized spacial score (nSPS) is 19.9. The predicted molar refractivity (Wildman–Crippen MR) is 77.5 cm³/mol. The molecule has 0 saturated carbocycles. The molecule has 0 radical (unpaired) electrons. The average Bonchev–Trinajstić information content (AvgIpc) is 2.41. The number of halogens is 1. The van der Waals surface area contributed by atoms with Gasteiger partial charge in [-0.1, -0.05) is 18.6 Å². The van der Waals surface area contributed by atoms with E-state index in [1.54, 1.807) is 12.1 Å². The van der Waals surface area contributed by atoms with Crippen LogP contribution in [0.25, 0.3) is 0 Å². The van der Waals surface area contributed by atoms with Gasteiger partial charge in [-0.3, -0.25) is 0 Å². The highest BCUT2D eigenvalue weighted by atomic mass is 32.2. The molecule has 1 aromatic rings. The van der Waals surface area contributed by atoms with E-state index in [1.807, 2.05) is 0 Å². The fourth-order valence-corrected chi connectivity index (χ4v) is 3.74. The molecular weight excluding hydrogens is 279 g/mol. The quantitative estimate of drug-likeness (QED) is 0.835. The largest absolute Gasteiger partial charge is 0.313 e. The summed E-state index contributed by atoms with van der Waals surface area (Å²) in [5.41, 5.74) is 0.921. The van der Waals surface area contributed by atoms with Gasteiger partial charge in [0.15, 0.2) is 0 Å². The molecular formula is C14H21FN2O2S. The van der Waals surface area contributed by atoms with Crippen molar-refractivity contribution in [2.24, 2.45) is 0 Å². The molecule has 4 nitrogen and oxygen atoms in total. The van der Waals surface area contributed by atoms with Crippen LogP contribution in [-0.4, -0.2) is 33.3 Å². The van der Waals surface area contributed by atoms with Crippen LogP contribution in [0.4, 0.5) is 4.39 Å². The molecule has 1 saturated heterocycles. The van der Waals surface area contributed by atoms with Gasteiger partial charge >= 0.3 is 0 Å². The molecule has 1 unspecified atom stereocenters. The molecule has 0 spiro atoms. The summed E-state index contributed by atoms with van der Waals surface area (Å²) in [6, 6.07) is 6.18. The molecule has 1 aliphatic heterocycles. The highest BCUT2D eigenvalue weighted by molar-refractivity contribution is 7.89. The fraction of sp³-hybridized carbons (Fsp3) is 0.571. The van der Waals surface area contributed by atoms with Gasteiger partial charge in [0.05, 0.1) is 5.75 Å². The Morgan fingerprint density at radius 2 is 2.00 bits per heavy atom. The van der Waals surface area contributed by atoms with Crippen molar-refractivity contribution in [1.82, 2.24) is 10.0 Å². The molecule has 20 heavy (non-hydrogen) atoms. The maximum atomic E-state index is 12.7. The first-order chi connectivity index (χ1) is 9.55. The fourth-order valence-electron chi connectivity index (χ4n) is 2.39. The highest BCUT2D eigenvalue weighted by Gasteiger charge is 2.20. The van der Waals surface area contributed by atoms with Crippen molar-refractivity contribution in [3.05, 3.63) is 35.6 Å². The van der Waals surface area contributed by atoms with Crippen LogP contribution in [0.2, 0.25) is 0 Å². The lowest BCUT2D eigenvalue weighted by atomic mass is 10.1. The highest BCUT2D eigenvalue weighted by Crippen LogP contribution is 2.09. The zero-order valence-corrected chi connectivity index (χ0v) is 12.3. The van der Waals surface area contributed by atoms with E-state index < -0.39 is 10.0 Å². The van der Waals surface area contributed by atoms with Crippen LogP contribution in [0.1, 0.15) is 24.8 Å². The molecule has 6 heteroatoms. The molecule has 1 atom stereocenters. The molecule has 0 bridgehead atoms. The van der Waals surface area contributed by atoms with Gasteiger partial charge in [0.2, 0.25) is 10.0 Å². The smallest absolute Gasteiger partial charge is 0.213 e. The van der Waals surface area contributed by atoms with Crippen LogP contribution in [0.15, 0.2) is 24.3 Å². The maximum absolute atomic E-state index is 12.7. The van der Waals surface area contributed by atoms with Gasteiger partial charge in [-0.25, -0.2) is 17.5 Å². The van der Waals surface area contributed by atoms with Crippen LogP contribution >= 0.6 is 0 Å². The van der Waals surface area contributed by atoms with E-state index >= 15 is 0 Å². The number of nitrogens with one attached hydrogen (secondary N) is 2. The van der Waals surface area contributed by atoms with Crippen molar-refractivity contribution >= 4 is 10.0 Å². The number of piperidine rings is 1. The minimum atomic E-state index is -3.25. The zero-order chi connectivity index (χ0) is 14.4. The second-order valence-corrected chi connectivity index (χ2v) is 7.05. The van der Waals surface area contributed by atoms with Crippen molar-refractivity contribution in [2.75, 3.05) is 18.8 Å². The number of rotatable bonds is 6. The molecule has 0 amide bonds. The van der Waals surface area contributed by atoms with Crippen LogP contribution in [-0.2, 0) is 16.4 Å². The second-order valence-electron chi connectivity index (χ2n) is 5.20. The van der Waals surface area contributed by atoms with Gasteiger partial charge in [0.1, 0.15) is 5.82 Å². The van der Waals surface area contributed by atoms with Gasteiger partial charge in [-0.15, -0.1) is 0 Å². The minimum absolute atomic E-state index is 0.0621. The van der Waals surface area contributed by atoms with Gasteiger partial charge in [0.25, 0.3) is 0 Å². The lowest BCUT2D eigenvalue weighted by Crippen LogP contribution is -2.42. The van der Waals surface area contributed by atoms with Crippen LogP contribution in [0.3, 0.4) is 0 Å². The first kappa shape index (κ1) is 15.4. The number of hydrogen-bond acceptors (Lipinski definition) is 3. The first-order valence-electron chi connectivity index (χ1n) is 7.00. The SMILES string of the molecule is O=S(=O)(CC1CCCCN1)NCCc1ccc(F)cc1. The van der Waals surface area contributed by atoms with Crippen molar-refractivity contribution in [1.29, 1.82) is 0 Å². The summed E-state index contributed by atoms with van der Waals surface area (Å²) >= 11 is 0. The van der Waals surface area contributed by atoms with E-state index in [0.717, 1.165) is 31.4 Å². The van der Waals surface area contributed by atoms with Crippen LogP contribution in [0, 0.1) is 5.82 Å². The van der Waals surface area contributed by atoms with E-state index in [4.69, 9.17) is 0 Å². The second kappa shape index (κ2) is 7.15. The summed E-state index contributed by atoms with van der Waals surface area (Å²) in [7, 11) is -3.25. The Hall–Kier alpha value is -0.980. The van der Waals surface area contributed by atoms with Crippen molar-refractivity contribution in [3.63, 3.8) is 0 Å². The molecule has 1 fully saturated rings. The molecule has 1 aliphatic rings. The maximum Gasteiger partial charge on any atom is 0.213 e. The molecule has 1 heterocycles.